The molecule has 0 bridgehead atoms. The van der Waals surface area contributed by atoms with Gasteiger partial charge in [0.05, 0.1) is 19.1 Å². The highest BCUT2D eigenvalue weighted by Gasteiger charge is 2.10. The minimum Gasteiger partial charge on any atom is -0.383 e. The van der Waals surface area contributed by atoms with Crippen LogP contribution in [0.2, 0.25) is 0 Å². The third kappa shape index (κ3) is 5.55. The zero-order valence-electron chi connectivity index (χ0n) is 8.95. The van der Waals surface area contributed by atoms with Crippen molar-refractivity contribution in [2.75, 3.05) is 26.8 Å². The number of carbonyl (C=O) groups excluding carboxylic acids is 1. The Hall–Kier alpha value is -1.08. The van der Waals surface area contributed by atoms with Gasteiger partial charge in [0.25, 0.3) is 0 Å². The summed E-state index contributed by atoms with van der Waals surface area (Å²) in [7, 11) is 1.60. The van der Waals surface area contributed by atoms with Gasteiger partial charge in [-0.15, -0.1) is 0 Å². The molecule has 4 heteroatoms. The molecule has 0 fully saturated rings. The highest BCUT2D eigenvalue weighted by molar-refractivity contribution is 5.76. The molecule has 0 saturated carbocycles. The van der Waals surface area contributed by atoms with Crippen molar-refractivity contribution < 1.29 is 9.53 Å². The minimum atomic E-state index is 0.111. The normalized spacial score (nSPS) is 9.50. The van der Waals surface area contributed by atoms with E-state index in [0.29, 0.717) is 32.5 Å². The van der Waals surface area contributed by atoms with Gasteiger partial charge >= 0.3 is 0 Å². The van der Waals surface area contributed by atoms with E-state index in [1.54, 1.807) is 12.0 Å². The standard InChI is InChI=1S/C10H18N2O2/c1-3-5-10(13)12(7-4-6-11)8-9-14-2/h3-5,7-9H2,1-2H3. The molecule has 0 saturated heterocycles. The molecule has 0 aromatic rings. The smallest absolute Gasteiger partial charge is 0.222 e. The number of hydrogen-bond donors (Lipinski definition) is 0. The van der Waals surface area contributed by atoms with E-state index in [9.17, 15) is 4.79 Å². The molecular weight excluding hydrogens is 180 g/mol. The molecule has 0 unspecified atom stereocenters. The number of rotatable bonds is 7. The summed E-state index contributed by atoms with van der Waals surface area (Å²) in [6, 6.07) is 2.04. The third-order valence-corrected chi connectivity index (χ3v) is 1.88. The molecule has 0 aromatic carbocycles. The Morgan fingerprint density at radius 3 is 2.71 bits per heavy atom. The Morgan fingerprint density at radius 2 is 2.21 bits per heavy atom. The largest absolute Gasteiger partial charge is 0.383 e. The van der Waals surface area contributed by atoms with Crippen LogP contribution in [0.1, 0.15) is 26.2 Å². The topological polar surface area (TPSA) is 53.3 Å². The lowest BCUT2D eigenvalue weighted by Gasteiger charge is -2.20. The molecule has 0 radical (unpaired) electrons. The lowest BCUT2D eigenvalue weighted by atomic mass is 10.3. The maximum atomic E-state index is 11.5. The number of amides is 1. The molecule has 0 aliphatic heterocycles. The number of carbonyl (C=O) groups is 1. The van der Waals surface area contributed by atoms with Crippen molar-refractivity contribution in [3.05, 3.63) is 0 Å². The average molecular weight is 198 g/mol. The predicted octanol–water partition coefficient (Wildman–Crippen LogP) is 1.18. The van der Waals surface area contributed by atoms with Crippen molar-refractivity contribution >= 4 is 5.91 Å². The van der Waals surface area contributed by atoms with Crippen LogP contribution in [0.15, 0.2) is 0 Å². The molecule has 0 N–H and O–H groups in total. The lowest BCUT2D eigenvalue weighted by Crippen LogP contribution is -2.34. The summed E-state index contributed by atoms with van der Waals surface area (Å²) in [5.74, 6) is 0.111. The van der Waals surface area contributed by atoms with Gasteiger partial charge in [0, 0.05) is 26.6 Å². The molecule has 4 nitrogen and oxygen atoms in total. The molecule has 0 heterocycles. The Kier molecular flexibility index (Phi) is 7.86. The van der Waals surface area contributed by atoms with Crippen molar-refractivity contribution in [1.82, 2.24) is 4.90 Å². The van der Waals surface area contributed by atoms with Gasteiger partial charge in [0.1, 0.15) is 0 Å². The zero-order valence-corrected chi connectivity index (χ0v) is 8.95. The van der Waals surface area contributed by atoms with Crippen molar-refractivity contribution in [3.8, 4) is 6.07 Å². The second-order valence-corrected chi connectivity index (χ2v) is 3.03. The maximum absolute atomic E-state index is 11.5. The molecule has 80 valence electrons. The summed E-state index contributed by atoms with van der Waals surface area (Å²) >= 11 is 0. The van der Waals surface area contributed by atoms with Gasteiger partial charge < -0.3 is 9.64 Å². The Balaban J connectivity index is 3.95. The summed E-state index contributed by atoms with van der Waals surface area (Å²) in [5, 5.41) is 8.43. The van der Waals surface area contributed by atoms with Gasteiger partial charge in [-0.1, -0.05) is 6.92 Å². The summed E-state index contributed by atoms with van der Waals surface area (Å²) in [6.07, 6.45) is 1.78. The van der Waals surface area contributed by atoms with Gasteiger partial charge in [-0.05, 0) is 6.42 Å². The van der Waals surface area contributed by atoms with Crippen molar-refractivity contribution in [2.24, 2.45) is 0 Å². The third-order valence-electron chi connectivity index (χ3n) is 1.88. The van der Waals surface area contributed by atoms with E-state index in [0.717, 1.165) is 6.42 Å². The quantitative estimate of drug-likeness (QED) is 0.617. The monoisotopic (exact) mass is 198 g/mol. The highest BCUT2D eigenvalue weighted by atomic mass is 16.5. The van der Waals surface area contributed by atoms with Crippen LogP contribution < -0.4 is 0 Å². The molecule has 0 spiro atoms. The van der Waals surface area contributed by atoms with E-state index in [1.807, 2.05) is 13.0 Å². The fourth-order valence-electron chi connectivity index (χ4n) is 1.12. The molecular formula is C10H18N2O2. The van der Waals surface area contributed by atoms with Crippen LogP contribution in [0.3, 0.4) is 0 Å². The van der Waals surface area contributed by atoms with Crippen molar-refractivity contribution in [2.45, 2.75) is 26.2 Å². The van der Waals surface area contributed by atoms with Crippen LogP contribution in [-0.2, 0) is 9.53 Å². The van der Waals surface area contributed by atoms with Crippen LogP contribution in [0, 0.1) is 11.3 Å². The van der Waals surface area contributed by atoms with E-state index in [4.69, 9.17) is 10.00 Å². The summed E-state index contributed by atoms with van der Waals surface area (Å²) in [4.78, 5) is 13.2. The number of ether oxygens (including phenoxy) is 1. The summed E-state index contributed by atoms with van der Waals surface area (Å²) in [5.41, 5.74) is 0. The number of hydrogen-bond acceptors (Lipinski definition) is 3. The first-order chi connectivity index (χ1) is 6.76. The summed E-state index contributed by atoms with van der Waals surface area (Å²) in [6.45, 7) is 3.59. The first kappa shape index (κ1) is 12.9. The molecule has 0 rings (SSSR count). The predicted molar refractivity (Wildman–Crippen MR) is 53.6 cm³/mol. The van der Waals surface area contributed by atoms with Crippen LogP contribution >= 0.6 is 0 Å². The molecule has 0 atom stereocenters. The van der Waals surface area contributed by atoms with E-state index in [-0.39, 0.29) is 5.91 Å². The fraction of sp³-hybridized carbons (Fsp3) is 0.800. The molecule has 0 aliphatic rings. The number of methoxy groups -OCH3 is 1. The van der Waals surface area contributed by atoms with Crippen LogP contribution in [0.5, 0.6) is 0 Å². The molecule has 1 amide bonds. The zero-order chi connectivity index (χ0) is 10.8. The van der Waals surface area contributed by atoms with Crippen molar-refractivity contribution in [1.29, 1.82) is 5.26 Å². The summed E-state index contributed by atoms with van der Waals surface area (Å²) < 4.78 is 4.90. The van der Waals surface area contributed by atoms with E-state index < -0.39 is 0 Å². The Labute approximate surface area is 85.5 Å². The van der Waals surface area contributed by atoms with Crippen LogP contribution in [0.25, 0.3) is 0 Å². The molecule has 14 heavy (non-hydrogen) atoms. The first-order valence-corrected chi connectivity index (χ1v) is 4.89. The van der Waals surface area contributed by atoms with E-state index >= 15 is 0 Å². The van der Waals surface area contributed by atoms with Crippen LogP contribution in [-0.4, -0.2) is 37.6 Å². The molecule has 0 aromatic heterocycles. The number of nitrogens with zero attached hydrogens (tertiary/aromatic N) is 2. The Morgan fingerprint density at radius 1 is 1.50 bits per heavy atom. The van der Waals surface area contributed by atoms with Gasteiger partial charge in [-0.2, -0.15) is 5.26 Å². The van der Waals surface area contributed by atoms with Gasteiger partial charge in [0.2, 0.25) is 5.91 Å². The average Bonchev–Trinajstić information content (AvgIpc) is 2.18. The minimum absolute atomic E-state index is 0.111. The van der Waals surface area contributed by atoms with Crippen LogP contribution in [0.4, 0.5) is 0 Å². The number of nitriles is 1. The SMILES string of the molecule is CCCC(=O)N(CCC#N)CCOC. The van der Waals surface area contributed by atoms with Gasteiger partial charge in [0.15, 0.2) is 0 Å². The molecule has 0 aliphatic carbocycles. The lowest BCUT2D eigenvalue weighted by molar-refractivity contribution is -0.131. The van der Waals surface area contributed by atoms with Crippen molar-refractivity contribution in [3.63, 3.8) is 0 Å². The second-order valence-electron chi connectivity index (χ2n) is 3.03. The van der Waals surface area contributed by atoms with E-state index in [2.05, 4.69) is 0 Å². The Bertz CT molecular complexity index is 199. The van der Waals surface area contributed by atoms with Gasteiger partial charge in [-0.25, -0.2) is 0 Å². The maximum Gasteiger partial charge on any atom is 0.222 e. The highest BCUT2D eigenvalue weighted by Crippen LogP contribution is 1.99. The first-order valence-electron chi connectivity index (χ1n) is 4.89. The fourth-order valence-corrected chi connectivity index (χ4v) is 1.12. The van der Waals surface area contributed by atoms with Gasteiger partial charge in [-0.3, -0.25) is 4.79 Å². The second kappa shape index (κ2) is 8.52. The van der Waals surface area contributed by atoms with E-state index in [1.165, 1.54) is 0 Å².